The Bertz CT molecular complexity index is 542. The normalized spacial score (nSPS) is 9.87. The molecule has 0 radical (unpaired) electrons. The molecular formula is C10H6FN3O. The summed E-state index contributed by atoms with van der Waals surface area (Å²) in [6.07, 6.45) is 0. The van der Waals surface area contributed by atoms with Crippen LogP contribution in [0.15, 0.2) is 28.7 Å². The summed E-state index contributed by atoms with van der Waals surface area (Å²) in [5.41, 5.74) is 5.84. The maximum absolute atomic E-state index is 12.9. The van der Waals surface area contributed by atoms with Crippen molar-refractivity contribution in [2.24, 2.45) is 0 Å². The van der Waals surface area contributed by atoms with Crippen molar-refractivity contribution in [3.63, 3.8) is 0 Å². The van der Waals surface area contributed by atoms with Gasteiger partial charge in [-0.25, -0.2) is 4.39 Å². The topological polar surface area (TPSA) is 75.8 Å². The molecule has 0 saturated heterocycles. The quantitative estimate of drug-likeness (QED) is 0.768. The second kappa shape index (κ2) is 3.42. The van der Waals surface area contributed by atoms with Gasteiger partial charge in [-0.2, -0.15) is 10.2 Å². The first kappa shape index (κ1) is 9.21. The van der Waals surface area contributed by atoms with Crippen molar-refractivity contribution in [2.45, 2.75) is 0 Å². The Morgan fingerprint density at radius 1 is 1.47 bits per heavy atom. The van der Waals surface area contributed by atoms with Crippen LogP contribution in [0.2, 0.25) is 0 Å². The second-order valence-electron chi connectivity index (χ2n) is 2.85. The number of hydrogen-bond acceptors (Lipinski definition) is 4. The average molecular weight is 203 g/mol. The van der Waals surface area contributed by atoms with Crippen LogP contribution in [0.1, 0.15) is 5.69 Å². The first-order valence-electron chi connectivity index (χ1n) is 4.13. The Balaban J connectivity index is 2.51. The number of hydrogen-bond donors (Lipinski definition) is 1. The fourth-order valence-electron chi connectivity index (χ4n) is 1.16. The van der Waals surface area contributed by atoms with E-state index in [1.54, 1.807) is 12.1 Å². The lowest BCUT2D eigenvalue weighted by atomic mass is 10.2. The third kappa shape index (κ3) is 1.65. The molecule has 0 fully saturated rings. The number of nitrogen functional groups attached to an aromatic ring is 1. The number of nitrogens with zero attached hydrogens (tertiary/aromatic N) is 2. The van der Waals surface area contributed by atoms with Gasteiger partial charge in [-0.05, 0) is 18.2 Å². The Kier molecular flexibility index (Phi) is 2.10. The van der Waals surface area contributed by atoms with Crippen LogP contribution in [0, 0.1) is 17.1 Å². The fourth-order valence-corrected chi connectivity index (χ4v) is 1.16. The zero-order valence-electron chi connectivity index (χ0n) is 7.57. The molecule has 5 heteroatoms. The lowest BCUT2D eigenvalue weighted by Crippen LogP contribution is -1.84. The smallest absolute Gasteiger partial charge is 0.230 e. The summed E-state index contributed by atoms with van der Waals surface area (Å²) in [5.74, 6) is -0.317. The maximum Gasteiger partial charge on any atom is 0.230 e. The summed E-state index contributed by atoms with van der Waals surface area (Å²) < 4.78 is 17.9. The van der Waals surface area contributed by atoms with E-state index < -0.39 is 5.82 Å². The number of anilines is 1. The van der Waals surface area contributed by atoms with E-state index >= 15 is 0 Å². The SMILES string of the molecule is N#Cc1nc(-c2cccc(F)c2)oc1N. The highest BCUT2D eigenvalue weighted by Gasteiger charge is 2.11. The molecule has 2 N–H and O–H groups in total. The second-order valence-corrected chi connectivity index (χ2v) is 2.85. The van der Waals surface area contributed by atoms with E-state index in [-0.39, 0.29) is 17.5 Å². The van der Waals surface area contributed by atoms with Crippen LogP contribution < -0.4 is 5.73 Å². The summed E-state index contributed by atoms with van der Waals surface area (Å²) in [5, 5.41) is 8.61. The molecular weight excluding hydrogens is 197 g/mol. The van der Waals surface area contributed by atoms with E-state index in [4.69, 9.17) is 15.4 Å². The fraction of sp³-hybridized carbons (Fsp3) is 0. The van der Waals surface area contributed by atoms with Gasteiger partial charge >= 0.3 is 0 Å². The Morgan fingerprint density at radius 3 is 2.87 bits per heavy atom. The van der Waals surface area contributed by atoms with Crippen LogP contribution >= 0.6 is 0 Å². The van der Waals surface area contributed by atoms with E-state index in [2.05, 4.69) is 4.98 Å². The number of aromatic nitrogens is 1. The largest absolute Gasteiger partial charge is 0.419 e. The number of oxazole rings is 1. The van der Waals surface area contributed by atoms with Crippen LogP contribution in [0.5, 0.6) is 0 Å². The number of benzene rings is 1. The molecule has 1 heterocycles. The predicted molar refractivity (Wildman–Crippen MR) is 51.0 cm³/mol. The third-order valence-corrected chi connectivity index (χ3v) is 1.83. The minimum atomic E-state index is -0.400. The molecule has 15 heavy (non-hydrogen) atoms. The number of halogens is 1. The van der Waals surface area contributed by atoms with Gasteiger partial charge in [-0.15, -0.1) is 0 Å². The average Bonchev–Trinajstić information content (AvgIpc) is 2.60. The lowest BCUT2D eigenvalue weighted by Gasteiger charge is -1.93. The minimum Gasteiger partial charge on any atom is -0.419 e. The van der Waals surface area contributed by atoms with Crippen molar-refractivity contribution in [1.82, 2.24) is 4.98 Å². The third-order valence-electron chi connectivity index (χ3n) is 1.83. The highest BCUT2D eigenvalue weighted by molar-refractivity contribution is 5.57. The molecule has 0 aliphatic rings. The minimum absolute atomic E-state index is 0.00858. The zero-order valence-corrected chi connectivity index (χ0v) is 7.57. The molecule has 0 atom stereocenters. The molecule has 0 aliphatic carbocycles. The standard InChI is InChI=1S/C10H6FN3O/c11-7-3-1-2-6(4-7)10-14-8(5-12)9(13)15-10/h1-4H,13H2. The van der Waals surface area contributed by atoms with Gasteiger partial charge in [0.25, 0.3) is 0 Å². The molecule has 0 unspecified atom stereocenters. The van der Waals surface area contributed by atoms with E-state index in [9.17, 15) is 4.39 Å². The van der Waals surface area contributed by atoms with Crippen LogP contribution in [0.3, 0.4) is 0 Å². The molecule has 0 spiro atoms. The van der Waals surface area contributed by atoms with Gasteiger partial charge in [-0.1, -0.05) is 6.07 Å². The van der Waals surface area contributed by atoms with Crippen molar-refractivity contribution in [3.05, 3.63) is 35.8 Å². The van der Waals surface area contributed by atoms with Gasteiger partial charge in [0.15, 0.2) is 0 Å². The van der Waals surface area contributed by atoms with Crippen LogP contribution in [0.25, 0.3) is 11.5 Å². The Morgan fingerprint density at radius 2 is 2.27 bits per heavy atom. The monoisotopic (exact) mass is 203 g/mol. The van der Waals surface area contributed by atoms with Gasteiger partial charge in [0.05, 0.1) is 0 Å². The van der Waals surface area contributed by atoms with E-state index in [1.807, 2.05) is 0 Å². The Labute approximate surface area is 84.8 Å². The molecule has 2 rings (SSSR count). The lowest BCUT2D eigenvalue weighted by molar-refractivity contribution is 0.590. The first-order chi connectivity index (χ1) is 7.20. The molecule has 1 aromatic heterocycles. The first-order valence-corrected chi connectivity index (χ1v) is 4.13. The van der Waals surface area contributed by atoms with Gasteiger partial charge in [0.2, 0.25) is 17.5 Å². The van der Waals surface area contributed by atoms with E-state index in [0.29, 0.717) is 5.56 Å². The summed E-state index contributed by atoms with van der Waals surface area (Å²) in [4.78, 5) is 3.82. The Hall–Kier alpha value is -2.35. The number of rotatable bonds is 1. The number of nitriles is 1. The van der Waals surface area contributed by atoms with Crippen molar-refractivity contribution in [2.75, 3.05) is 5.73 Å². The summed E-state index contributed by atoms with van der Waals surface area (Å²) in [6, 6.07) is 7.48. The van der Waals surface area contributed by atoms with Crippen molar-refractivity contribution in [1.29, 1.82) is 5.26 Å². The molecule has 1 aromatic carbocycles. The van der Waals surface area contributed by atoms with Crippen molar-refractivity contribution < 1.29 is 8.81 Å². The van der Waals surface area contributed by atoms with Crippen LogP contribution in [-0.2, 0) is 0 Å². The predicted octanol–water partition coefficient (Wildman–Crippen LogP) is 1.93. The van der Waals surface area contributed by atoms with Gasteiger partial charge in [0.1, 0.15) is 11.9 Å². The van der Waals surface area contributed by atoms with Crippen molar-refractivity contribution in [3.8, 4) is 17.5 Å². The molecule has 0 amide bonds. The summed E-state index contributed by atoms with van der Waals surface area (Å²) in [6.45, 7) is 0. The van der Waals surface area contributed by atoms with Gasteiger partial charge < -0.3 is 10.2 Å². The van der Waals surface area contributed by atoms with Crippen LogP contribution in [-0.4, -0.2) is 4.98 Å². The molecule has 0 saturated carbocycles. The highest BCUT2D eigenvalue weighted by Crippen LogP contribution is 2.23. The number of nitrogens with two attached hydrogens (primary N) is 1. The van der Waals surface area contributed by atoms with Gasteiger partial charge in [-0.3, -0.25) is 0 Å². The summed E-state index contributed by atoms with van der Waals surface area (Å²) >= 11 is 0. The molecule has 0 bridgehead atoms. The summed E-state index contributed by atoms with van der Waals surface area (Å²) in [7, 11) is 0. The molecule has 4 nitrogen and oxygen atoms in total. The van der Waals surface area contributed by atoms with E-state index in [0.717, 1.165) is 0 Å². The van der Waals surface area contributed by atoms with Gasteiger partial charge in [0, 0.05) is 5.56 Å². The van der Waals surface area contributed by atoms with E-state index in [1.165, 1.54) is 18.2 Å². The van der Waals surface area contributed by atoms with Crippen molar-refractivity contribution >= 4 is 5.88 Å². The maximum atomic E-state index is 12.9. The zero-order chi connectivity index (χ0) is 10.8. The molecule has 74 valence electrons. The van der Waals surface area contributed by atoms with Crippen LogP contribution in [0.4, 0.5) is 10.3 Å². The molecule has 0 aliphatic heterocycles. The molecule has 2 aromatic rings. The highest BCUT2D eigenvalue weighted by atomic mass is 19.1.